The minimum Gasteiger partial charge on any atom is -0.493 e. The van der Waals surface area contributed by atoms with Crippen molar-refractivity contribution in [3.8, 4) is 5.75 Å². The average molecular weight is 322 g/mol. The van der Waals surface area contributed by atoms with E-state index in [9.17, 15) is 0 Å². The average Bonchev–Trinajstić information content (AvgIpc) is 2.62. The van der Waals surface area contributed by atoms with Crippen molar-refractivity contribution in [2.24, 2.45) is 10.7 Å². The fourth-order valence-corrected chi connectivity index (χ4v) is 2.42. The smallest absolute Gasteiger partial charge is 0.186 e. The van der Waals surface area contributed by atoms with E-state index in [1.165, 1.54) is 5.56 Å². The molecule has 5 heteroatoms. The molecule has 2 aromatic rings. The second kappa shape index (κ2) is 7.66. The van der Waals surface area contributed by atoms with Crippen molar-refractivity contribution in [2.45, 2.75) is 18.8 Å². The predicted octanol–water partition coefficient (Wildman–Crippen LogP) is 2.37. The molecule has 0 aliphatic carbocycles. The molecule has 1 unspecified atom stereocenters. The highest BCUT2D eigenvalue weighted by Crippen LogP contribution is 2.13. The molecule has 2 aromatic carbocycles. The first kappa shape index (κ1) is 16.1. The van der Waals surface area contributed by atoms with Crippen LogP contribution in [0.3, 0.4) is 0 Å². The number of rotatable bonds is 7. The zero-order valence-corrected chi connectivity index (χ0v) is 13.5. The maximum absolute atomic E-state index is 6.31. The van der Waals surface area contributed by atoms with Crippen LogP contribution >= 0.6 is 0 Å². The van der Waals surface area contributed by atoms with Crippen LogP contribution in [0.2, 0.25) is 0 Å². The van der Waals surface area contributed by atoms with E-state index in [4.69, 9.17) is 10.5 Å². The highest BCUT2D eigenvalue weighted by Gasteiger charge is 2.25. The molecule has 1 heterocycles. The molecule has 0 amide bonds. The Hall–Kier alpha value is -2.79. The molecule has 5 nitrogen and oxygen atoms in total. The summed E-state index contributed by atoms with van der Waals surface area (Å²) in [6, 6.07) is 19.9. The molecule has 0 aromatic heterocycles. The number of nitrogens with zero attached hydrogens (tertiary/aromatic N) is 1. The monoisotopic (exact) mass is 322 g/mol. The maximum Gasteiger partial charge on any atom is 0.186 e. The van der Waals surface area contributed by atoms with Gasteiger partial charge in [0.1, 0.15) is 11.6 Å². The summed E-state index contributed by atoms with van der Waals surface area (Å²) in [5.41, 5.74) is 7.52. The Kier molecular flexibility index (Phi) is 5.13. The largest absolute Gasteiger partial charge is 0.493 e. The van der Waals surface area contributed by atoms with Gasteiger partial charge in [0.2, 0.25) is 0 Å². The quantitative estimate of drug-likeness (QED) is 0.732. The summed E-state index contributed by atoms with van der Waals surface area (Å²) in [6.07, 6.45) is 4.17. The summed E-state index contributed by atoms with van der Waals surface area (Å²) in [7, 11) is 0. The zero-order valence-electron chi connectivity index (χ0n) is 13.5. The van der Waals surface area contributed by atoms with Gasteiger partial charge in [0, 0.05) is 19.2 Å². The van der Waals surface area contributed by atoms with Crippen LogP contribution in [0.1, 0.15) is 12.0 Å². The van der Waals surface area contributed by atoms with Gasteiger partial charge >= 0.3 is 0 Å². The van der Waals surface area contributed by atoms with Crippen LogP contribution in [0, 0.1) is 0 Å². The molecule has 1 aliphatic heterocycles. The van der Waals surface area contributed by atoms with Crippen molar-refractivity contribution >= 4 is 6.21 Å². The lowest BCUT2D eigenvalue weighted by molar-refractivity contribution is 0.239. The number of ether oxygens (including phenoxy) is 1. The van der Waals surface area contributed by atoms with Gasteiger partial charge in [-0.2, -0.15) is 0 Å². The van der Waals surface area contributed by atoms with Gasteiger partial charge in [0.05, 0.1) is 6.61 Å². The van der Waals surface area contributed by atoms with Crippen LogP contribution in [0.25, 0.3) is 0 Å². The molecular formula is C19H22N4O. The third kappa shape index (κ3) is 4.60. The first-order valence-corrected chi connectivity index (χ1v) is 8.02. The molecule has 0 saturated carbocycles. The lowest BCUT2D eigenvalue weighted by Gasteiger charge is -2.31. The van der Waals surface area contributed by atoms with Crippen molar-refractivity contribution < 1.29 is 4.74 Å². The van der Waals surface area contributed by atoms with Crippen molar-refractivity contribution in [3.63, 3.8) is 0 Å². The number of para-hydroxylation sites is 1. The van der Waals surface area contributed by atoms with Gasteiger partial charge in [-0.3, -0.25) is 10.7 Å². The fourth-order valence-electron chi connectivity index (χ4n) is 2.42. The molecule has 0 radical (unpaired) electrons. The third-order valence-corrected chi connectivity index (χ3v) is 3.72. The van der Waals surface area contributed by atoms with Gasteiger partial charge in [-0.1, -0.05) is 48.5 Å². The zero-order chi connectivity index (χ0) is 16.7. The van der Waals surface area contributed by atoms with E-state index >= 15 is 0 Å². The number of benzene rings is 2. The molecular weight excluding hydrogens is 300 g/mol. The highest BCUT2D eigenvalue weighted by atomic mass is 16.5. The number of hydrogen-bond donors (Lipinski definition) is 3. The summed E-state index contributed by atoms with van der Waals surface area (Å²) in [5, 5.41) is 6.58. The van der Waals surface area contributed by atoms with E-state index in [2.05, 4.69) is 27.8 Å². The molecule has 4 N–H and O–H groups in total. The van der Waals surface area contributed by atoms with Crippen molar-refractivity contribution in [1.29, 1.82) is 0 Å². The lowest BCUT2D eigenvalue weighted by atomic mass is 10.2. The lowest BCUT2D eigenvalue weighted by Crippen LogP contribution is -2.55. The number of nitrogens with two attached hydrogens (primary N) is 1. The first-order valence-electron chi connectivity index (χ1n) is 8.02. The molecule has 0 fully saturated rings. The minimum atomic E-state index is -0.859. The highest BCUT2D eigenvalue weighted by molar-refractivity contribution is 5.73. The Morgan fingerprint density at radius 2 is 1.75 bits per heavy atom. The van der Waals surface area contributed by atoms with Crippen LogP contribution in [0.15, 0.2) is 77.6 Å². The van der Waals surface area contributed by atoms with Gasteiger partial charge in [-0.15, -0.1) is 0 Å². The predicted molar refractivity (Wildman–Crippen MR) is 96.5 cm³/mol. The second-order valence-electron chi connectivity index (χ2n) is 5.66. The second-order valence-corrected chi connectivity index (χ2v) is 5.66. The van der Waals surface area contributed by atoms with E-state index in [0.29, 0.717) is 13.0 Å². The maximum atomic E-state index is 6.31. The summed E-state index contributed by atoms with van der Waals surface area (Å²) in [4.78, 5) is 4.34. The van der Waals surface area contributed by atoms with Gasteiger partial charge < -0.3 is 15.4 Å². The molecule has 1 atom stereocenters. The van der Waals surface area contributed by atoms with Crippen molar-refractivity contribution in [2.75, 3.05) is 6.61 Å². The number of hydrogen-bond acceptors (Lipinski definition) is 5. The third-order valence-electron chi connectivity index (χ3n) is 3.72. The molecule has 3 rings (SSSR count). The molecule has 24 heavy (non-hydrogen) atoms. The SMILES string of the molecule is NC1(CCOc2ccccc2)N=CC=C(NCc2ccccc2)N1. The number of aliphatic imine (C=N–C) groups is 1. The Labute approximate surface area is 142 Å². The molecule has 1 aliphatic rings. The summed E-state index contributed by atoms with van der Waals surface area (Å²) < 4.78 is 5.70. The molecule has 0 spiro atoms. The summed E-state index contributed by atoms with van der Waals surface area (Å²) in [6.45, 7) is 1.21. The van der Waals surface area contributed by atoms with E-state index in [1.807, 2.05) is 54.6 Å². The van der Waals surface area contributed by atoms with Gasteiger partial charge in [0.15, 0.2) is 5.79 Å². The molecule has 124 valence electrons. The van der Waals surface area contributed by atoms with Crippen molar-refractivity contribution in [3.05, 3.63) is 78.1 Å². The van der Waals surface area contributed by atoms with E-state index in [1.54, 1.807) is 6.21 Å². The number of allylic oxidation sites excluding steroid dienone is 1. The van der Waals surface area contributed by atoms with Gasteiger partial charge in [-0.25, -0.2) is 0 Å². The van der Waals surface area contributed by atoms with Crippen LogP contribution in [0.5, 0.6) is 5.75 Å². The van der Waals surface area contributed by atoms with Crippen LogP contribution in [0.4, 0.5) is 0 Å². The van der Waals surface area contributed by atoms with Gasteiger partial charge in [0.25, 0.3) is 0 Å². The Morgan fingerprint density at radius 3 is 2.50 bits per heavy atom. The molecule has 0 saturated heterocycles. The van der Waals surface area contributed by atoms with E-state index < -0.39 is 5.79 Å². The summed E-state index contributed by atoms with van der Waals surface area (Å²) >= 11 is 0. The normalized spacial score (nSPS) is 19.3. The fraction of sp³-hybridized carbons (Fsp3) is 0.211. The van der Waals surface area contributed by atoms with E-state index in [-0.39, 0.29) is 0 Å². The van der Waals surface area contributed by atoms with Crippen LogP contribution in [-0.2, 0) is 6.54 Å². The van der Waals surface area contributed by atoms with Gasteiger partial charge in [-0.05, 0) is 23.8 Å². The van der Waals surface area contributed by atoms with E-state index in [0.717, 1.165) is 18.1 Å². The minimum absolute atomic E-state index is 0.483. The number of nitrogens with one attached hydrogen (secondary N) is 2. The topological polar surface area (TPSA) is 71.7 Å². The van der Waals surface area contributed by atoms with Crippen molar-refractivity contribution in [1.82, 2.24) is 10.6 Å². The first-order chi connectivity index (χ1) is 11.7. The van der Waals surface area contributed by atoms with Crippen LogP contribution < -0.4 is 21.1 Å². The Balaban J connectivity index is 1.48. The Bertz CT molecular complexity index is 700. The standard InChI is InChI=1S/C19H22N4O/c20-19(12-14-24-17-9-5-2-6-10-17)22-13-11-18(23-19)21-15-16-7-3-1-4-8-16/h1-11,13,21,23H,12,14-15,20H2. The van der Waals surface area contributed by atoms with Crippen LogP contribution in [-0.4, -0.2) is 18.6 Å². The Morgan fingerprint density at radius 1 is 1.04 bits per heavy atom. The summed E-state index contributed by atoms with van der Waals surface area (Å²) in [5.74, 6) is 0.831. The molecule has 0 bridgehead atoms.